The molecule has 122 valence electrons. The molecule has 0 atom stereocenters. The van der Waals surface area contributed by atoms with E-state index in [0.29, 0.717) is 18.2 Å². The second-order valence-electron chi connectivity index (χ2n) is 5.80. The first-order valence-corrected chi connectivity index (χ1v) is 8.15. The van der Waals surface area contributed by atoms with Crippen molar-refractivity contribution >= 4 is 11.6 Å². The van der Waals surface area contributed by atoms with E-state index in [2.05, 4.69) is 17.2 Å². The Bertz CT molecular complexity index is 465. The van der Waals surface area contributed by atoms with Gasteiger partial charge in [0.2, 0.25) is 5.88 Å². The van der Waals surface area contributed by atoms with Crippen LogP contribution in [0.2, 0.25) is 0 Å². The summed E-state index contributed by atoms with van der Waals surface area (Å²) in [7, 11) is 1.57. The summed E-state index contributed by atoms with van der Waals surface area (Å²) in [5.74, 6) is 0.485. The summed E-state index contributed by atoms with van der Waals surface area (Å²) in [4.78, 5) is 16.9. The number of hydrogen-bond acceptors (Lipinski definition) is 4. The first kappa shape index (κ1) is 16.7. The highest BCUT2D eigenvalue weighted by atomic mass is 16.5. The summed E-state index contributed by atoms with van der Waals surface area (Å²) in [6.07, 6.45) is 8.55. The number of nitrogens with one attached hydrogen (secondary N) is 1. The number of carbonyl (C=O) groups is 1. The molecule has 0 aliphatic heterocycles. The highest BCUT2D eigenvalue weighted by molar-refractivity contribution is 5.97. The molecule has 5 heteroatoms. The van der Waals surface area contributed by atoms with Crippen LogP contribution < -0.4 is 10.1 Å². The van der Waals surface area contributed by atoms with E-state index in [-0.39, 0.29) is 5.91 Å². The van der Waals surface area contributed by atoms with Crippen LogP contribution in [0.1, 0.15) is 51.9 Å². The molecule has 0 aromatic carbocycles. The van der Waals surface area contributed by atoms with E-state index in [1.807, 2.05) is 0 Å². The third kappa shape index (κ3) is 4.19. The van der Waals surface area contributed by atoms with Gasteiger partial charge in [0.25, 0.3) is 5.91 Å². The van der Waals surface area contributed by atoms with Crippen molar-refractivity contribution < 1.29 is 14.3 Å². The van der Waals surface area contributed by atoms with Crippen LogP contribution >= 0.6 is 0 Å². The Labute approximate surface area is 132 Å². The van der Waals surface area contributed by atoms with E-state index in [9.17, 15) is 4.79 Å². The van der Waals surface area contributed by atoms with Gasteiger partial charge in [-0.1, -0.05) is 32.6 Å². The van der Waals surface area contributed by atoms with Gasteiger partial charge in [-0.05, 0) is 25.3 Å². The van der Waals surface area contributed by atoms with Crippen molar-refractivity contribution in [1.29, 1.82) is 0 Å². The minimum atomic E-state index is -0.688. The Morgan fingerprint density at radius 1 is 1.27 bits per heavy atom. The molecule has 1 fully saturated rings. The molecule has 0 radical (unpaired) electrons. The fourth-order valence-electron chi connectivity index (χ4n) is 2.85. The van der Waals surface area contributed by atoms with Crippen molar-refractivity contribution in [3.63, 3.8) is 0 Å². The second-order valence-corrected chi connectivity index (χ2v) is 5.80. The molecular formula is C17H26N2O3. The van der Waals surface area contributed by atoms with Crippen molar-refractivity contribution in [2.75, 3.05) is 19.0 Å². The Kier molecular flexibility index (Phi) is 6.19. The van der Waals surface area contributed by atoms with Crippen molar-refractivity contribution in [2.45, 2.75) is 57.5 Å². The number of amides is 1. The van der Waals surface area contributed by atoms with Crippen molar-refractivity contribution in [2.24, 2.45) is 0 Å². The number of nitrogens with zero attached hydrogens (tertiary/aromatic N) is 1. The zero-order chi connectivity index (χ0) is 15.8. The first-order chi connectivity index (χ1) is 10.7. The minimum absolute atomic E-state index is 0.0465. The number of pyridine rings is 1. The van der Waals surface area contributed by atoms with Gasteiger partial charge in [-0.3, -0.25) is 4.79 Å². The monoisotopic (exact) mass is 306 g/mol. The van der Waals surface area contributed by atoms with Gasteiger partial charge >= 0.3 is 0 Å². The van der Waals surface area contributed by atoms with Gasteiger partial charge < -0.3 is 14.8 Å². The molecule has 1 N–H and O–H groups in total. The molecule has 0 bridgehead atoms. The van der Waals surface area contributed by atoms with E-state index in [1.165, 1.54) is 12.8 Å². The lowest BCUT2D eigenvalue weighted by Gasteiger charge is -2.31. The lowest BCUT2D eigenvalue weighted by atomic mass is 9.92. The SMILES string of the molecule is CCCOC1(C(=O)Nc2ccc(OC)nc2)CCCCCC1. The molecule has 1 saturated carbocycles. The van der Waals surface area contributed by atoms with Crippen LogP contribution in [-0.4, -0.2) is 30.2 Å². The fourth-order valence-corrected chi connectivity index (χ4v) is 2.85. The molecule has 2 rings (SSSR count). The molecule has 1 amide bonds. The average molecular weight is 306 g/mol. The van der Waals surface area contributed by atoms with Gasteiger partial charge in [0.05, 0.1) is 19.0 Å². The molecule has 0 spiro atoms. The van der Waals surface area contributed by atoms with E-state index < -0.39 is 5.60 Å². The third-order valence-electron chi connectivity index (χ3n) is 4.11. The van der Waals surface area contributed by atoms with Gasteiger partial charge in [0.1, 0.15) is 5.60 Å². The molecule has 1 aromatic heterocycles. The van der Waals surface area contributed by atoms with Gasteiger partial charge in [0, 0.05) is 12.7 Å². The first-order valence-electron chi connectivity index (χ1n) is 8.15. The second kappa shape index (κ2) is 8.13. The van der Waals surface area contributed by atoms with E-state index in [4.69, 9.17) is 9.47 Å². The molecular weight excluding hydrogens is 280 g/mol. The highest BCUT2D eigenvalue weighted by Gasteiger charge is 2.39. The van der Waals surface area contributed by atoms with E-state index in [0.717, 1.165) is 32.1 Å². The average Bonchev–Trinajstić information content (AvgIpc) is 2.80. The standard InChI is InChI=1S/C17H26N2O3/c1-3-12-22-17(10-6-4-5-7-11-17)16(20)19-14-8-9-15(21-2)18-13-14/h8-9,13H,3-7,10-12H2,1-2H3,(H,19,20). The van der Waals surface area contributed by atoms with Gasteiger partial charge in [0.15, 0.2) is 0 Å². The van der Waals surface area contributed by atoms with Crippen LogP contribution in [0, 0.1) is 0 Å². The maximum absolute atomic E-state index is 12.8. The topological polar surface area (TPSA) is 60.5 Å². The molecule has 5 nitrogen and oxygen atoms in total. The Hall–Kier alpha value is -1.62. The lowest BCUT2D eigenvalue weighted by Crippen LogP contribution is -2.45. The smallest absolute Gasteiger partial charge is 0.256 e. The minimum Gasteiger partial charge on any atom is -0.481 e. The summed E-state index contributed by atoms with van der Waals surface area (Å²) >= 11 is 0. The largest absolute Gasteiger partial charge is 0.481 e. The summed E-state index contributed by atoms with van der Waals surface area (Å²) in [6, 6.07) is 3.54. The number of ether oxygens (including phenoxy) is 2. The van der Waals surface area contributed by atoms with Crippen LogP contribution in [0.25, 0.3) is 0 Å². The quantitative estimate of drug-likeness (QED) is 0.817. The Morgan fingerprint density at radius 3 is 2.55 bits per heavy atom. The van der Waals surface area contributed by atoms with Gasteiger partial charge in [-0.2, -0.15) is 0 Å². The van der Waals surface area contributed by atoms with E-state index >= 15 is 0 Å². The molecule has 1 aliphatic rings. The fraction of sp³-hybridized carbons (Fsp3) is 0.647. The van der Waals surface area contributed by atoms with Crippen molar-refractivity contribution in [1.82, 2.24) is 4.98 Å². The van der Waals surface area contributed by atoms with Gasteiger partial charge in [-0.15, -0.1) is 0 Å². The molecule has 1 aromatic rings. The number of aromatic nitrogens is 1. The number of rotatable bonds is 6. The zero-order valence-corrected chi connectivity index (χ0v) is 13.6. The van der Waals surface area contributed by atoms with Crippen LogP contribution in [0.3, 0.4) is 0 Å². The molecule has 22 heavy (non-hydrogen) atoms. The molecule has 0 saturated heterocycles. The van der Waals surface area contributed by atoms with Crippen molar-refractivity contribution in [3.8, 4) is 5.88 Å². The maximum Gasteiger partial charge on any atom is 0.256 e. The predicted molar refractivity (Wildman–Crippen MR) is 86.1 cm³/mol. The van der Waals surface area contributed by atoms with Crippen LogP contribution in [0.4, 0.5) is 5.69 Å². The maximum atomic E-state index is 12.8. The highest BCUT2D eigenvalue weighted by Crippen LogP contribution is 2.32. The van der Waals surface area contributed by atoms with Crippen LogP contribution in [0.5, 0.6) is 5.88 Å². The van der Waals surface area contributed by atoms with Crippen LogP contribution in [0.15, 0.2) is 18.3 Å². The summed E-state index contributed by atoms with van der Waals surface area (Å²) < 4.78 is 11.1. The summed E-state index contributed by atoms with van der Waals surface area (Å²) in [6.45, 7) is 2.68. The van der Waals surface area contributed by atoms with Crippen molar-refractivity contribution in [3.05, 3.63) is 18.3 Å². The number of anilines is 1. The molecule has 0 unspecified atom stereocenters. The summed E-state index contributed by atoms with van der Waals surface area (Å²) in [5, 5.41) is 2.96. The molecule has 1 heterocycles. The Morgan fingerprint density at radius 2 is 2.00 bits per heavy atom. The van der Waals surface area contributed by atoms with Crippen LogP contribution in [-0.2, 0) is 9.53 Å². The van der Waals surface area contributed by atoms with Gasteiger partial charge in [-0.25, -0.2) is 4.98 Å². The molecule has 1 aliphatic carbocycles. The Balaban J connectivity index is 2.09. The normalized spacial score (nSPS) is 17.5. The summed E-state index contributed by atoms with van der Waals surface area (Å²) in [5.41, 5.74) is -0.0126. The number of hydrogen-bond donors (Lipinski definition) is 1. The zero-order valence-electron chi connectivity index (χ0n) is 13.6. The predicted octanol–water partition coefficient (Wildman–Crippen LogP) is 3.55. The number of methoxy groups -OCH3 is 1. The number of carbonyl (C=O) groups excluding carboxylic acids is 1. The third-order valence-corrected chi connectivity index (χ3v) is 4.11. The lowest BCUT2D eigenvalue weighted by molar-refractivity contribution is -0.143. The van der Waals surface area contributed by atoms with E-state index in [1.54, 1.807) is 25.4 Å².